The van der Waals surface area contributed by atoms with Crippen LogP contribution in [-0.2, 0) is 0 Å². The number of rotatable bonds is 1. The summed E-state index contributed by atoms with van der Waals surface area (Å²) in [6.45, 7) is 0. The summed E-state index contributed by atoms with van der Waals surface area (Å²) in [6, 6.07) is 15.2. The van der Waals surface area contributed by atoms with Crippen LogP contribution in [0.4, 0.5) is 0 Å². The van der Waals surface area contributed by atoms with Gasteiger partial charge in [-0.1, -0.05) is 78.5 Å². The molecule has 0 aromatic heterocycles. The van der Waals surface area contributed by atoms with Gasteiger partial charge < -0.3 is 0 Å². The van der Waals surface area contributed by atoms with Crippen molar-refractivity contribution in [2.45, 2.75) is 0 Å². The van der Waals surface area contributed by atoms with Crippen molar-refractivity contribution in [1.82, 2.24) is 0 Å². The molecule has 1 heterocycles. The Kier molecular flexibility index (Phi) is 2.21. The molecule has 1 aliphatic carbocycles. The predicted molar refractivity (Wildman–Crippen MR) is 80.2 cm³/mol. The fourth-order valence-corrected chi connectivity index (χ4v) is 3.81. The van der Waals surface area contributed by atoms with Gasteiger partial charge in [-0.2, -0.15) is 0 Å². The molecule has 2 aliphatic rings. The monoisotopic (exact) mass is 248 g/mol. The first-order valence-electron chi connectivity index (χ1n) is 6.18. The topological polar surface area (TPSA) is 0 Å². The predicted octanol–water partition coefficient (Wildman–Crippen LogP) is 5.00. The third-order valence-corrected chi connectivity index (χ3v) is 4.74. The highest BCUT2D eigenvalue weighted by Crippen LogP contribution is 2.48. The molecule has 0 fully saturated rings. The number of hydrogen-bond acceptors (Lipinski definition) is 1. The van der Waals surface area contributed by atoms with E-state index in [4.69, 9.17) is 0 Å². The SMILES string of the molecule is C1=CC2C=C(c3cccc4ccccc34)SC2=C1. The lowest BCUT2D eigenvalue weighted by Gasteiger charge is -2.06. The largest absolute Gasteiger partial charge is 0.0932 e. The van der Waals surface area contributed by atoms with E-state index in [0.29, 0.717) is 5.92 Å². The summed E-state index contributed by atoms with van der Waals surface area (Å²) < 4.78 is 0. The van der Waals surface area contributed by atoms with Gasteiger partial charge in [-0.15, -0.1) is 0 Å². The molecule has 1 heteroatoms. The zero-order valence-corrected chi connectivity index (χ0v) is 10.7. The molecule has 0 N–H and O–H groups in total. The third-order valence-electron chi connectivity index (χ3n) is 3.52. The van der Waals surface area contributed by atoms with E-state index >= 15 is 0 Å². The van der Waals surface area contributed by atoms with Crippen molar-refractivity contribution >= 4 is 27.4 Å². The summed E-state index contributed by atoms with van der Waals surface area (Å²) in [5.41, 5.74) is 1.36. The minimum absolute atomic E-state index is 0.518. The lowest BCUT2D eigenvalue weighted by Crippen LogP contribution is -1.82. The molecule has 18 heavy (non-hydrogen) atoms. The van der Waals surface area contributed by atoms with Crippen molar-refractivity contribution < 1.29 is 0 Å². The van der Waals surface area contributed by atoms with Crippen molar-refractivity contribution in [3.63, 3.8) is 0 Å². The second kappa shape index (κ2) is 3.89. The number of thioether (sulfide) groups is 1. The van der Waals surface area contributed by atoms with Crippen LogP contribution < -0.4 is 0 Å². The number of fused-ring (bicyclic) bond motifs is 2. The minimum Gasteiger partial charge on any atom is -0.0932 e. The average Bonchev–Trinajstić information content (AvgIpc) is 2.99. The van der Waals surface area contributed by atoms with E-state index < -0.39 is 0 Å². The Morgan fingerprint density at radius 1 is 0.944 bits per heavy atom. The van der Waals surface area contributed by atoms with Crippen LogP contribution in [0.2, 0.25) is 0 Å². The molecule has 2 aromatic carbocycles. The van der Waals surface area contributed by atoms with Crippen LogP contribution in [0.15, 0.2) is 71.7 Å². The molecule has 0 radical (unpaired) electrons. The number of benzene rings is 2. The van der Waals surface area contributed by atoms with Crippen molar-refractivity contribution in [3.8, 4) is 0 Å². The standard InChI is InChI=1S/C17H12S/c1-2-8-14-12(5-1)6-3-9-15(14)17-11-13-7-4-10-16(13)18-17/h1-11,13H. The molecule has 0 amide bonds. The summed E-state index contributed by atoms with van der Waals surface area (Å²) >= 11 is 1.91. The van der Waals surface area contributed by atoms with Gasteiger partial charge >= 0.3 is 0 Å². The Balaban J connectivity index is 1.89. The lowest BCUT2D eigenvalue weighted by molar-refractivity contribution is 1.09. The quantitative estimate of drug-likeness (QED) is 0.684. The maximum absolute atomic E-state index is 2.38. The maximum Gasteiger partial charge on any atom is 0.0279 e. The van der Waals surface area contributed by atoms with Crippen LogP contribution in [0.1, 0.15) is 5.56 Å². The van der Waals surface area contributed by atoms with E-state index in [1.54, 1.807) is 0 Å². The van der Waals surface area contributed by atoms with Crippen molar-refractivity contribution in [2.75, 3.05) is 0 Å². The van der Waals surface area contributed by atoms with E-state index in [9.17, 15) is 0 Å². The number of allylic oxidation sites excluding steroid dienone is 5. The van der Waals surface area contributed by atoms with Crippen LogP contribution in [0.5, 0.6) is 0 Å². The first kappa shape index (κ1) is 10.2. The van der Waals surface area contributed by atoms with Crippen molar-refractivity contribution in [3.05, 3.63) is 77.2 Å². The molecule has 0 bridgehead atoms. The zero-order chi connectivity index (χ0) is 11.9. The highest BCUT2D eigenvalue weighted by atomic mass is 32.2. The van der Waals surface area contributed by atoms with Gasteiger partial charge in [0, 0.05) is 15.7 Å². The Morgan fingerprint density at radius 3 is 2.78 bits per heavy atom. The Morgan fingerprint density at radius 2 is 1.83 bits per heavy atom. The summed E-state index contributed by atoms with van der Waals surface area (Å²) in [4.78, 5) is 2.85. The van der Waals surface area contributed by atoms with Crippen LogP contribution in [-0.4, -0.2) is 0 Å². The van der Waals surface area contributed by atoms with Crippen molar-refractivity contribution in [1.29, 1.82) is 0 Å². The van der Waals surface area contributed by atoms with E-state index in [-0.39, 0.29) is 0 Å². The van der Waals surface area contributed by atoms with Crippen LogP contribution in [0, 0.1) is 5.92 Å². The first-order chi connectivity index (χ1) is 8.92. The second-order valence-electron chi connectivity index (χ2n) is 4.64. The maximum atomic E-state index is 2.38. The van der Waals surface area contributed by atoms with Crippen molar-refractivity contribution in [2.24, 2.45) is 5.92 Å². The lowest BCUT2D eigenvalue weighted by atomic mass is 10.0. The van der Waals surface area contributed by atoms with Gasteiger partial charge in [0.25, 0.3) is 0 Å². The molecule has 0 saturated carbocycles. The van der Waals surface area contributed by atoms with E-state index in [2.05, 4.69) is 66.8 Å². The average molecular weight is 248 g/mol. The molecule has 0 saturated heterocycles. The summed E-state index contributed by atoms with van der Waals surface area (Å²) in [5, 5.41) is 2.67. The molecular weight excluding hydrogens is 236 g/mol. The van der Waals surface area contributed by atoms with E-state index in [1.165, 1.54) is 26.1 Å². The minimum atomic E-state index is 0.518. The fraction of sp³-hybridized carbons (Fsp3) is 0.0588. The Hall–Kier alpha value is -1.73. The van der Waals surface area contributed by atoms with Gasteiger partial charge in [0.2, 0.25) is 0 Å². The first-order valence-corrected chi connectivity index (χ1v) is 7.00. The normalized spacial score (nSPS) is 21.0. The molecule has 0 spiro atoms. The molecule has 2 aromatic rings. The smallest absolute Gasteiger partial charge is 0.0279 e. The van der Waals surface area contributed by atoms with Crippen LogP contribution >= 0.6 is 11.8 Å². The molecule has 86 valence electrons. The van der Waals surface area contributed by atoms with E-state index in [0.717, 1.165) is 0 Å². The second-order valence-corrected chi connectivity index (χ2v) is 5.75. The molecule has 1 unspecified atom stereocenters. The zero-order valence-electron chi connectivity index (χ0n) is 9.84. The van der Waals surface area contributed by atoms with Crippen LogP contribution in [0.3, 0.4) is 0 Å². The highest BCUT2D eigenvalue weighted by Gasteiger charge is 2.23. The van der Waals surface area contributed by atoms with Gasteiger partial charge in [-0.05, 0) is 16.3 Å². The van der Waals surface area contributed by atoms with Gasteiger partial charge in [0.05, 0.1) is 0 Å². The third kappa shape index (κ3) is 1.48. The Bertz CT molecular complexity index is 714. The Labute approximate surface area is 111 Å². The molecule has 1 atom stereocenters. The van der Waals surface area contributed by atoms with Gasteiger partial charge in [0.15, 0.2) is 0 Å². The van der Waals surface area contributed by atoms with Gasteiger partial charge in [0.1, 0.15) is 0 Å². The molecule has 0 nitrogen and oxygen atoms in total. The van der Waals surface area contributed by atoms with Gasteiger partial charge in [-0.3, -0.25) is 0 Å². The highest BCUT2D eigenvalue weighted by molar-refractivity contribution is 8.12. The van der Waals surface area contributed by atoms with Gasteiger partial charge in [-0.25, -0.2) is 0 Å². The molecule has 1 aliphatic heterocycles. The molecular formula is C17H12S. The summed E-state index contributed by atoms with van der Waals surface area (Å²) in [7, 11) is 0. The van der Waals surface area contributed by atoms with Crippen LogP contribution in [0.25, 0.3) is 15.7 Å². The summed E-state index contributed by atoms with van der Waals surface area (Å²) in [6.07, 6.45) is 9.02. The molecule has 4 rings (SSSR count). The fourth-order valence-electron chi connectivity index (χ4n) is 2.62. The number of hydrogen-bond donors (Lipinski definition) is 0. The van der Waals surface area contributed by atoms with E-state index in [1.807, 2.05) is 11.8 Å². The summed E-state index contributed by atoms with van der Waals surface area (Å²) in [5.74, 6) is 0.518.